The Morgan fingerprint density at radius 1 is 1.28 bits per heavy atom. The van der Waals surface area contributed by atoms with E-state index in [9.17, 15) is 0 Å². The van der Waals surface area contributed by atoms with Gasteiger partial charge in [0.15, 0.2) is 0 Å². The molecule has 106 valence electrons. The van der Waals surface area contributed by atoms with Gasteiger partial charge in [-0.25, -0.2) is 0 Å². The van der Waals surface area contributed by atoms with Crippen molar-refractivity contribution in [2.75, 3.05) is 11.5 Å². The summed E-state index contributed by atoms with van der Waals surface area (Å²) in [5, 5.41) is 1.51. The van der Waals surface area contributed by atoms with E-state index < -0.39 is 0 Å². The van der Waals surface area contributed by atoms with Crippen LogP contribution in [0.1, 0.15) is 46.0 Å². The Morgan fingerprint density at radius 3 is 2.72 bits per heavy atom. The van der Waals surface area contributed by atoms with Gasteiger partial charge in [-0.1, -0.05) is 26.7 Å². The summed E-state index contributed by atoms with van der Waals surface area (Å²) in [6, 6.07) is 0.524. The highest BCUT2D eigenvalue weighted by Gasteiger charge is 2.37. The van der Waals surface area contributed by atoms with Gasteiger partial charge in [-0.3, -0.25) is 11.3 Å². The number of nitrogens with one attached hydrogen (secondary N) is 1. The van der Waals surface area contributed by atoms with E-state index in [1.807, 2.05) is 0 Å². The summed E-state index contributed by atoms with van der Waals surface area (Å²) in [7, 11) is 0. The molecule has 0 bridgehead atoms. The van der Waals surface area contributed by atoms with Gasteiger partial charge < -0.3 is 0 Å². The zero-order valence-electron chi connectivity index (χ0n) is 11.7. The van der Waals surface area contributed by atoms with Crippen molar-refractivity contribution in [3.63, 3.8) is 0 Å². The number of hydrazine groups is 1. The molecule has 0 amide bonds. The van der Waals surface area contributed by atoms with Crippen molar-refractivity contribution in [3.05, 3.63) is 0 Å². The zero-order chi connectivity index (χ0) is 13.0. The first kappa shape index (κ1) is 15.0. The van der Waals surface area contributed by atoms with E-state index in [2.05, 4.69) is 42.8 Å². The van der Waals surface area contributed by atoms with Gasteiger partial charge in [0.25, 0.3) is 0 Å². The monoisotopic (exact) mass is 288 g/mol. The van der Waals surface area contributed by atoms with Crippen LogP contribution in [-0.2, 0) is 0 Å². The molecule has 1 heterocycles. The number of hydrogen-bond acceptors (Lipinski definition) is 4. The molecule has 2 fully saturated rings. The number of nitrogens with two attached hydrogens (primary N) is 1. The fourth-order valence-electron chi connectivity index (χ4n) is 3.58. The first-order valence-electron chi connectivity index (χ1n) is 7.45. The lowest BCUT2D eigenvalue weighted by Crippen LogP contribution is -2.53. The van der Waals surface area contributed by atoms with Gasteiger partial charge >= 0.3 is 0 Å². The van der Waals surface area contributed by atoms with Gasteiger partial charge in [-0.15, -0.1) is 0 Å². The van der Waals surface area contributed by atoms with Crippen molar-refractivity contribution in [2.24, 2.45) is 17.7 Å². The van der Waals surface area contributed by atoms with Gasteiger partial charge in [-0.2, -0.15) is 23.5 Å². The zero-order valence-corrected chi connectivity index (χ0v) is 13.4. The Bertz CT molecular complexity index is 250. The number of rotatable bonds is 4. The molecule has 1 saturated carbocycles. The minimum absolute atomic E-state index is 0.524. The summed E-state index contributed by atoms with van der Waals surface area (Å²) in [6.07, 6.45) is 6.83. The largest absolute Gasteiger partial charge is 0.271 e. The van der Waals surface area contributed by atoms with Gasteiger partial charge in [0, 0.05) is 28.0 Å². The van der Waals surface area contributed by atoms with Crippen LogP contribution in [0.2, 0.25) is 0 Å². The Kier molecular flexibility index (Phi) is 6.19. The van der Waals surface area contributed by atoms with Crippen molar-refractivity contribution < 1.29 is 0 Å². The molecule has 1 saturated heterocycles. The van der Waals surface area contributed by atoms with E-state index in [4.69, 9.17) is 5.84 Å². The summed E-state index contributed by atoms with van der Waals surface area (Å²) in [4.78, 5) is 0. The molecule has 2 rings (SSSR count). The highest BCUT2D eigenvalue weighted by Crippen LogP contribution is 2.40. The lowest BCUT2D eigenvalue weighted by molar-refractivity contribution is 0.218. The van der Waals surface area contributed by atoms with Crippen molar-refractivity contribution in [1.82, 2.24) is 5.43 Å². The predicted octanol–water partition coefficient (Wildman–Crippen LogP) is 3.27. The van der Waals surface area contributed by atoms with E-state index in [0.717, 1.165) is 17.1 Å². The molecule has 0 aromatic carbocycles. The first-order chi connectivity index (χ1) is 8.76. The van der Waals surface area contributed by atoms with Crippen molar-refractivity contribution in [2.45, 2.75) is 62.5 Å². The number of thioether (sulfide) groups is 2. The highest BCUT2D eigenvalue weighted by atomic mass is 32.2. The minimum atomic E-state index is 0.524. The fourth-order valence-corrected chi connectivity index (χ4v) is 6.90. The molecule has 2 aliphatic rings. The molecular formula is C14H28N2S2. The number of hydrogen-bond donors (Lipinski definition) is 2. The van der Waals surface area contributed by atoms with E-state index >= 15 is 0 Å². The normalized spacial score (nSPS) is 39.5. The van der Waals surface area contributed by atoms with Crippen LogP contribution in [-0.4, -0.2) is 28.0 Å². The van der Waals surface area contributed by atoms with Crippen molar-refractivity contribution in [1.29, 1.82) is 0 Å². The molecule has 4 heteroatoms. The Balaban J connectivity index is 2.01. The predicted molar refractivity (Wildman–Crippen MR) is 85.0 cm³/mol. The lowest BCUT2D eigenvalue weighted by atomic mass is 9.77. The fraction of sp³-hybridized carbons (Fsp3) is 1.00. The maximum absolute atomic E-state index is 5.92. The molecule has 0 aromatic rings. The van der Waals surface area contributed by atoms with Crippen LogP contribution in [0, 0.1) is 11.8 Å². The van der Waals surface area contributed by atoms with Crippen LogP contribution >= 0.6 is 23.5 Å². The summed E-state index contributed by atoms with van der Waals surface area (Å²) in [5.74, 6) is 10.2. The maximum Gasteiger partial charge on any atom is 0.0368 e. The second-order valence-corrected chi connectivity index (χ2v) is 8.51. The molecule has 2 nitrogen and oxygen atoms in total. The van der Waals surface area contributed by atoms with Crippen molar-refractivity contribution >= 4 is 23.5 Å². The van der Waals surface area contributed by atoms with Crippen LogP contribution < -0.4 is 11.3 Å². The molecule has 1 aliphatic carbocycles. The third kappa shape index (κ3) is 3.59. The average molecular weight is 289 g/mol. The van der Waals surface area contributed by atoms with Gasteiger partial charge in [0.05, 0.1) is 0 Å². The molecular weight excluding hydrogens is 260 g/mol. The molecule has 18 heavy (non-hydrogen) atoms. The Morgan fingerprint density at radius 2 is 2.06 bits per heavy atom. The van der Waals surface area contributed by atoms with Gasteiger partial charge in [0.2, 0.25) is 0 Å². The lowest BCUT2D eigenvalue weighted by Gasteiger charge is -2.41. The van der Waals surface area contributed by atoms with Crippen LogP contribution in [0.5, 0.6) is 0 Å². The first-order valence-corrected chi connectivity index (χ1v) is 9.55. The topological polar surface area (TPSA) is 38.0 Å². The molecule has 5 unspecified atom stereocenters. The van der Waals surface area contributed by atoms with E-state index in [1.54, 1.807) is 0 Å². The second-order valence-electron chi connectivity index (χ2n) is 5.88. The van der Waals surface area contributed by atoms with Gasteiger partial charge in [-0.05, 0) is 31.1 Å². The van der Waals surface area contributed by atoms with Crippen LogP contribution in [0.4, 0.5) is 0 Å². The summed E-state index contributed by atoms with van der Waals surface area (Å²) >= 11 is 4.32. The molecule has 3 N–H and O–H groups in total. The standard InChI is InChI=1S/C14H28N2S2/c1-3-12-14(18-8-7-17-12)13(16-15)11-6-4-5-10(2)9-11/h10-14,16H,3-9,15H2,1-2H3. The Labute approximate surface area is 121 Å². The smallest absolute Gasteiger partial charge is 0.0368 e. The van der Waals surface area contributed by atoms with Crippen molar-refractivity contribution in [3.8, 4) is 0 Å². The Hall–Kier alpha value is 0.620. The quantitative estimate of drug-likeness (QED) is 0.615. The van der Waals surface area contributed by atoms with E-state index in [1.165, 1.54) is 43.6 Å². The molecule has 1 aliphatic heterocycles. The summed E-state index contributed by atoms with van der Waals surface area (Å²) < 4.78 is 0. The van der Waals surface area contributed by atoms with E-state index in [-0.39, 0.29) is 0 Å². The minimum Gasteiger partial charge on any atom is -0.271 e. The summed E-state index contributed by atoms with van der Waals surface area (Å²) in [6.45, 7) is 4.73. The molecule has 0 spiro atoms. The third-order valence-electron chi connectivity index (χ3n) is 4.53. The molecule has 0 radical (unpaired) electrons. The van der Waals surface area contributed by atoms with Crippen LogP contribution in [0.15, 0.2) is 0 Å². The molecule has 5 atom stereocenters. The van der Waals surface area contributed by atoms with Crippen LogP contribution in [0.25, 0.3) is 0 Å². The maximum atomic E-state index is 5.92. The summed E-state index contributed by atoms with van der Waals surface area (Å²) in [5.41, 5.74) is 3.19. The highest BCUT2D eigenvalue weighted by molar-refractivity contribution is 8.07. The second kappa shape index (κ2) is 7.41. The van der Waals surface area contributed by atoms with E-state index in [0.29, 0.717) is 11.3 Å². The average Bonchev–Trinajstić information content (AvgIpc) is 2.40. The SMILES string of the molecule is CCC1SCCSC1C(NN)C1CCCC(C)C1. The molecule has 0 aromatic heterocycles. The third-order valence-corrected chi connectivity index (χ3v) is 7.90. The van der Waals surface area contributed by atoms with Gasteiger partial charge in [0.1, 0.15) is 0 Å². The van der Waals surface area contributed by atoms with Crippen LogP contribution in [0.3, 0.4) is 0 Å².